The second kappa shape index (κ2) is 10.4. The summed E-state index contributed by atoms with van der Waals surface area (Å²) in [7, 11) is 0. The third kappa shape index (κ3) is 34.3. The van der Waals surface area contributed by atoms with E-state index in [1.807, 2.05) is 0 Å². The summed E-state index contributed by atoms with van der Waals surface area (Å²) in [4.78, 5) is 9.00. The van der Waals surface area contributed by atoms with Gasteiger partial charge in [0.05, 0.1) is 0 Å². The molecule has 0 aliphatic rings. The first-order chi connectivity index (χ1) is 5.50. The molecule has 0 rings (SSSR count). The fourth-order valence-corrected chi connectivity index (χ4v) is 0.488. The van der Waals surface area contributed by atoms with Crippen LogP contribution in [-0.2, 0) is 4.79 Å². The number of unbranched alkanes of at least 4 members (excludes halogenated alkanes) is 1. The summed E-state index contributed by atoms with van der Waals surface area (Å²) in [5.74, 6) is -0.833. The van der Waals surface area contributed by atoms with E-state index in [2.05, 4.69) is 12.2 Å². The number of carbonyl (C=O) groups is 1. The van der Waals surface area contributed by atoms with E-state index in [4.69, 9.17) is 15.0 Å². The van der Waals surface area contributed by atoms with Crippen LogP contribution < -0.4 is 5.32 Å². The summed E-state index contributed by atoms with van der Waals surface area (Å²) in [6.45, 7) is 5.87. The minimum absolute atomic E-state index is 0.346. The first-order valence-corrected chi connectivity index (χ1v) is 4.11. The molecule has 3 N–H and O–H groups in total. The van der Waals surface area contributed by atoms with Crippen molar-refractivity contribution < 1.29 is 15.0 Å². The Morgan fingerprint density at radius 1 is 1.58 bits per heavy atom. The fraction of sp³-hybridized carbons (Fsp3) is 0.875. The summed E-state index contributed by atoms with van der Waals surface area (Å²) in [6, 6.07) is 0. The average molecular weight is 177 g/mol. The van der Waals surface area contributed by atoms with Crippen LogP contribution in [0.2, 0.25) is 0 Å². The lowest BCUT2D eigenvalue weighted by Crippen LogP contribution is -2.25. The monoisotopic (exact) mass is 177 g/mol. The van der Waals surface area contributed by atoms with Gasteiger partial charge >= 0.3 is 0 Å². The van der Waals surface area contributed by atoms with Gasteiger partial charge in [-0.25, -0.2) is 0 Å². The summed E-state index contributed by atoms with van der Waals surface area (Å²) >= 11 is 0. The Hall–Kier alpha value is -0.610. The number of aliphatic hydroxyl groups is 1. The standard InChI is InChI=1S/C6H15NO.C2H4O2/c1-3-4-5-7-6(2)8;1-2(3)4/h6-8H,3-5H2,1-2H3;1H3,(H,3,4). The van der Waals surface area contributed by atoms with Crippen molar-refractivity contribution in [1.82, 2.24) is 5.32 Å². The first-order valence-electron chi connectivity index (χ1n) is 4.11. The summed E-state index contributed by atoms with van der Waals surface area (Å²) in [5, 5.41) is 19.0. The molecular formula is C8H19NO3. The van der Waals surface area contributed by atoms with Gasteiger partial charge in [-0.05, 0) is 19.9 Å². The minimum atomic E-state index is -0.833. The quantitative estimate of drug-likeness (QED) is 0.439. The molecule has 0 saturated heterocycles. The lowest BCUT2D eigenvalue weighted by Gasteiger charge is -2.04. The molecule has 0 saturated carbocycles. The predicted octanol–water partition coefficient (Wildman–Crippen LogP) is 0.805. The van der Waals surface area contributed by atoms with E-state index in [0.717, 1.165) is 19.9 Å². The maximum Gasteiger partial charge on any atom is 0.300 e. The zero-order valence-corrected chi connectivity index (χ0v) is 8.00. The molecule has 4 nitrogen and oxygen atoms in total. The number of carboxylic acids is 1. The van der Waals surface area contributed by atoms with E-state index in [1.165, 1.54) is 6.42 Å². The minimum Gasteiger partial charge on any atom is -0.481 e. The lowest BCUT2D eigenvalue weighted by atomic mass is 10.3. The Kier molecular flexibility index (Phi) is 12.1. The molecule has 0 heterocycles. The van der Waals surface area contributed by atoms with Crippen molar-refractivity contribution in [3.63, 3.8) is 0 Å². The summed E-state index contributed by atoms with van der Waals surface area (Å²) in [5.41, 5.74) is 0. The molecule has 0 aromatic carbocycles. The zero-order chi connectivity index (χ0) is 9.98. The van der Waals surface area contributed by atoms with Gasteiger partial charge in [-0.1, -0.05) is 13.3 Å². The van der Waals surface area contributed by atoms with Crippen LogP contribution in [0.4, 0.5) is 0 Å². The maximum absolute atomic E-state index is 9.00. The SMILES string of the molecule is CC(=O)O.CCCCNC(C)O. The number of aliphatic carboxylic acids is 1. The van der Waals surface area contributed by atoms with Crippen LogP contribution in [0.3, 0.4) is 0 Å². The Balaban J connectivity index is 0. The van der Waals surface area contributed by atoms with E-state index in [0.29, 0.717) is 0 Å². The molecule has 12 heavy (non-hydrogen) atoms. The highest BCUT2D eigenvalue weighted by Gasteiger charge is 1.88. The van der Waals surface area contributed by atoms with Crippen molar-refractivity contribution in [2.75, 3.05) is 6.54 Å². The van der Waals surface area contributed by atoms with Crippen LogP contribution in [0.15, 0.2) is 0 Å². The number of carboxylic acid groups (broad SMARTS) is 1. The molecule has 0 aromatic heterocycles. The summed E-state index contributed by atoms with van der Waals surface area (Å²) in [6.07, 6.45) is 1.98. The second-order valence-corrected chi connectivity index (χ2v) is 2.50. The van der Waals surface area contributed by atoms with Gasteiger partial charge in [0.2, 0.25) is 0 Å². The van der Waals surface area contributed by atoms with E-state index in [1.54, 1.807) is 6.92 Å². The molecule has 0 aliphatic heterocycles. The molecule has 0 fully saturated rings. The van der Waals surface area contributed by atoms with Gasteiger partial charge in [0, 0.05) is 6.92 Å². The molecule has 0 aromatic rings. The van der Waals surface area contributed by atoms with Crippen LogP contribution in [0.1, 0.15) is 33.6 Å². The van der Waals surface area contributed by atoms with Crippen LogP contribution in [0.5, 0.6) is 0 Å². The molecule has 74 valence electrons. The Bertz CT molecular complexity index is 100. The average Bonchev–Trinajstić information content (AvgIpc) is 1.86. The van der Waals surface area contributed by atoms with E-state index in [9.17, 15) is 0 Å². The Morgan fingerprint density at radius 3 is 2.25 bits per heavy atom. The van der Waals surface area contributed by atoms with Crippen LogP contribution in [0, 0.1) is 0 Å². The van der Waals surface area contributed by atoms with Crippen LogP contribution in [0.25, 0.3) is 0 Å². The van der Waals surface area contributed by atoms with Crippen molar-refractivity contribution in [3.05, 3.63) is 0 Å². The van der Waals surface area contributed by atoms with Gasteiger partial charge in [0.15, 0.2) is 0 Å². The molecule has 1 atom stereocenters. The number of hydrogen-bond donors (Lipinski definition) is 3. The third-order valence-electron chi connectivity index (χ3n) is 0.970. The molecule has 0 aliphatic carbocycles. The van der Waals surface area contributed by atoms with Gasteiger partial charge in [0.25, 0.3) is 5.97 Å². The highest BCUT2D eigenvalue weighted by Crippen LogP contribution is 1.82. The summed E-state index contributed by atoms with van der Waals surface area (Å²) < 4.78 is 0. The van der Waals surface area contributed by atoms with Crippen molar-refractivity contribution in [1.29, 1.82) is 0 Å². The lowest BCUT2D eigenvalue weighted by molar-refractivity contribution is -0.134. The van der Waals surface area contributed by atoms with E-state index < -0.39 is 5.97 Å². The third-order valence-corrected chi connectivity index (χ3v) is 0.970. The number of nitrogens with one attached hydrogen (secondary N) is 1. The van der Waals surface area contributed by atoms with Gasteiger partial charge in [-0.2, -0.15) is 0 Å². The zero-order valence-electron chi connectivity index (χ0n) is 8.00. The van der Waals surface area contributed by atoms with E-state index >= 15 is 0 Å². The van der Waals surface area contributed by atoms with Crippen molar-refractivity contribution in [2.45, 2.75) is 39.8 Å². The van der Waals surface area contributed by atoms with Crippen LogP contribution >= 0.6 is 0 Å². The number of rotatable bonds is 4. The normalized spacial score (nSPS) is 11.3. The molecule has 4 heteroatoms. The molecule has 0 bridgehead atoms. The highest BCUT2D eigenvalue weighted by atomic mass is 16.4. The van der Waals surface area contributed by atoms with Crippen molar-refractivity contribution in [3.8, 4) is 0 Å². The first kappa shape index (κ1) is 13.9. The van der Waals surface area contributed by atoms with Gasteiger partial charge < -0.3 is 10.2 Å². The van der Waals surface area contributed by atoms with E-state index in [-0.39, 0.29) is 6.23 Å². The van der Waals surface area contributed by atoms with Gasteiger partial charge in [-0.15, -0.1) is 0 Å². The smallest absolute Gasteiger partial charge is 0.300 e. The van der Waals surface area contributed by atoms with Gasteiger partial charge in [0.1, 0.15) is 6.23 Å². The van der Waals surface area contributed by atoms with Crippen molar-refractivity contribution >= 4 is 5.97 Å². The molecule has 0 spiro atoms. The molecule has 0 amide bonds. The Morgan fingerprint density at radius 2 is 2.00 bits per heavy atom. The Labute approximate surface area is 73.6 Å². The van der Waals surface area contributed by atoms with Gasteiger partial charge in [-0.3, -0.25) is 10.1 Å². The highest BCUT2D eigenvalue weighted by molar-refractivity contribution is 5.62. The van der Waals surface area contributed by atoms with Crippen LogP contribution in [-0.4, -0.2) is 29.0 Å². The maximum atomic E-state index is 9.00. The molecule has 1 unspecified atom stereocenters. The molecule has 0 radical (unpaired) electrons. The fourth-order valence-electron chi connectivity index (χ4n) is 0.488. The molecular weight excluding hydrogens is 158 g/mol. The predicted molar refractivity (Wildman–Crippen MR) is 47.9 cm³/mol. The second-order valence-electron chi connectivity index (χ2n) is 2.50. The number of hydrogen-bond acceptors (Lipinski definition) is 3. The number of aliphatic hydroxyl groups excluding tert-OH is 1. The van der Waals surface area contributed by atoms with Crippen molar-refractivity contribution in [2.24, 2.45) is 0 Å². The topological polar surface area (TPSA) is 69.6 Å². The largest absolute Gasteiger partial charge is 0.481 e.